The Morgan fingerprint density at radius 3 is 2.95 bits per heavy atom. The van der Waals surface area contributed by atoms with Crippen molar-refractivity contribution in [3.05, 3.63) is 10.6 Å². The molecule has 3 rings (SSSR count). The van der Waals surface area contributed by atoms with Gasteiger partial charge in [0, 0.05) is 30.6 Å². The molecule has 1 aromatic rings. The first kappa shape index (κ1) is 15.3. The summed E-state index contributed by atoms with van der Waals surface area (Å²) in [6.45, 7) is 10.4. The molecule has 1 aromatic heterocycles. The zero-order valence-electron chi connectivity index (χ0n) is 13.4. The van der Waals surface area contributed by atoms with Crippen LogP contribution in [-0.4, -0.2) is 36.8 Å². The van der Waals surface area contributed by atoms with Gasteiger partial charge in [-0.25, -0.2) is 4.98 Å². The van der Waals surface area contributed by atoms with Crippen molar-refractivity contribution in [2.24, 2.45) is 0 Å². The summed E-state index contributed by atoms with van der Waals surface area (Å²) in [5.74, 6) is 0.546. The van der Waals surface area contributed by atoms with Gasteiger partial charge >= 0.3 is 0 Å². The normalized spacial score (nSPS) is 24.3. The first-order valence-corrected chi connectivity index (χ1v) is 9.08. The van der Waals surface area contributed by atoms with Gasteiger partial charge in [0.15, 0.2) is 5.13 Å². The van der Waals surface area contributed by atoms with Crippen LogP contribution < -0.4 is 10.2 Å². The number of hydrogen-bond donors (Lipinski definition) is 1. The van der Waals surface area contributed by atoms with Crippen molar-refractivity contribution in [3.8, 4) is 0 Å². The maximum Gasteiger partial charge on any atom is 0.186 e. The van der Waals surface area contributed by atoms with Crippen molar-refractivity contribution in [2.45, 2.75) is 64.6 Å². The topological polar surface area (TPSA) is 37.4 Å². The molecule has 5 heteroatoms. The summed E-state index contributed by atoms with van der Waals surface area (Å²) >= 11 is 1.88. The molecule has 2 aliphatic rings. The minimum atomic E-state index is 0.308. The molecule has 1 saturated carbocycles. The Morgan fingerprint density at radius 1 is 1.48 bits per heavy atom. The molecule has 0 amide bonds. The maximum atomic E-state index is 5.65. The van der Waals surface area contributed by atoms with Gasteiger partial charge in [-0.05, 0) is 32.1 Å². The lowest BCUT2D eigenvalue weighted by molar-refractivity contribution is 0.0532. The zero-order chi connectivity index (χ0) is 14.8. The highest BCUT2D eigenvalue weighted by Crippen LogP contribution is 2.33. The van der Waals surface area contributed by atoms with Gasteiger partial charge in [0.25, 0.3) is 0 Å². The second-order valence-electron chi connectivity index (χ2n) is 6.40. The average molecular weight is 309 g/mol. The van der Waals surface area contributed by atoms with Gasteiger partial charge in [0.1, 0.15) is 0 Å². The van der Waals surface area contributed by atoms with E-state index in [1.165, 1.54) is 28.5 Å². The third-order valence-corrected chi connectivity index (χ3v) is 5.57. The molecular formula is C16H27N3OS. The Hall–Kier alpha value is -0.650. The third-order valence-electron chi connectivity index (χ3n) is 4.44. The molecule has 21 heavy (non-hydrogen) atoms. The molecule has 2 fully saturated rings. The summed E-state index contributed by atoms with van der Waals surface area (Å²) < 4.78 is 5.65. The number of morpholine rings is 1. The smallest absolute Gasteiger partial charge is 0.186 e. The molecule has 1 saturated heterocycles. The fourth-order valence-corrected chi connectivity index (χ4v) is 3.87. The van der Waals surface area contributed by atoms with Gasteiger partial charge in [0.05, 0.1) is 18.4 Å². The quantitative estimate of drug-likeness (QED) is 0.876. The molecule has 2 heterocycles. The summed E-state index contributed by atoms with van der Waals surface area (Å²) in [5, 5.41) is 4.83. The first-order valence-electron chi connectivity index (χ1n) is 8.27. The highest BCUT2D eigenvalue weighted by atomic mass is 32.1. The molecule has 2 atom stereocenters. The van der Waals surface area contributed by atoms with E-state index in [1.807, 2.05) is 11.3 Å². The van der Waals surface area contributed by atoms with E-state index >= 15 is 0 Å². The highest BCUT2D eigenvalue weighted by Gasteiger charge is 2.25. The fourth-order valence-electron chi connectivity index (χ4n) is 2.71. The highest BCUT2D eigenvalue weighted by molar-refractivity contribution is 7.15. The number of nitrogens with zero attached hydrogens (tertiary/aromatic N) is 2. The van der Waals surface area contributed by atoms with E-state index in [4.69, 9.17) is 9.72 Å². The number of rotatable bonds is 6. The van der Waals surface area contributed by atoms with Crippen LogP contribution in [0, 0.1) is 0 Å². The monoisotopic (exact) mass is 309 g/mol. The molecule has 0 bridgehead atoms. The van der Waals surface area contributed by atoms with E-state index in [1.54, 1.807) is 0 Å². The molecule has 2 unspecified atom stereocenters. The molecule has 1 aliphatic carbocycles. The molecule has 118 valence electrons. The van der Waals surface area contributed by atoms with Crippen molar-refractivity contribution in [3.63, 3.8) is 0 Å². The zero-order valence-corrected chi connectivity index (χ0v) is 14.2. The fraction of sp³-hybridized carbons (Fsp3) is 0.812. The van der Waals surface area contributed by atoms with Crippen molar-refractivity contribution in [1.82, 2.24) is 10.3 Å². The Labute approximate surface area is 131 Å². The summed E-state index contributed by atoms with van der Waals surface area (Å²) in [7, 11) is 0. The predicted molar refractivity (Wildman–Crippen MR) is 88.3 cm³/mol. The largest absolute Gasteiger partial charge is 0.375 e. The van der Waals surface area contributed by atoms with E-state index in [9.17, 15) is 0 Å². The molecule has 0 aromatic carbocycles. The van der Waals surface area contributed by atoms with Crippen molar-refractivity contribution in [1.29, 1.82) is 0 Å². The van der Waals surface area contributed by atoms with Crippen LogP contribution in [0.1, 0.15) is 56.5 Å². The van der Waals surface area contributed by atoms with Crippen LogP contribution in [0.25, 0.3) is 0 Å². The number of hydrogen-bond acceptors (Lipinski definition) is 5. The lowest BCUT2D eigenvalue weighted by atomic mass is 10.0. The Balaban J connectivity index is 1.76. The van der Waals surface area contributed by atoms with E-state index in [0.717, 1.165) is 38.7 Å². The minimum Gasteiger partial charge on any atom is -0.375 e. The second kappa shape index (κ2) is 6.63. The summed E-state index contributed by atoms with van der Waals surface area (Å²) in [6, 6.07) is 0.753. The van der Waals surface area contributed by atoms with Gasteiger partial charge in [-0.3, -0.25) is 0 Å². The van der Waals surface area contributed by atoms with Crippen LogP contribution in [0.5, 0.6) is 0 Å². The number of ether oxygens (including phenoxy) is 1. The van der Waals surface area contributed by atoms with Crippen LogP contribution in [0.15, 0.2) is 0 Å². The number of thiazole rings is 1. The van der Waals surface area contributed by atoms with Gasteiger partial charge in [-0.2, -0.15) is 0 Å². The van der Waals surface area contributed by atoms with Crippen LogP contribution in [0.2, 0.25) is 0 Å². The van der Waals surface area contributed by atoms with Crippen LogP contribution >= 0.6 is 11.3 Å². The summed E-state index contributed by atoms with van der Waals surface area (Å²) in [6.07, 6.45) is 4.14. The molecular weight excluding hydrogens is 282 g/mol. The number of nitrogens with one attached hydrogen (secondary N) is 1. The van der Waals surface area contributed by atoms with E-state index in [2.05, 4.69) is 31.0 Å². The summed E-state index contributed by atoms with van der Waals surface area (Å²) in [5.41, 5.74) is 1.31. The lowest BCUT2D eigenvalue weighted by Crippen LogP contribution is -2.41. The Bertz CT molecular complexity index is 472. The molecule has 0 radical (unpaired) electrons. The molecule has 0 spiro atoms. The van der Waals surface area contributed by atoms with Crippen molar-refractivity contribution < 1.29 is 4.74 Å². The molecule has 1 aliphatic heterocycles. The Morgan fingerprint density at radius 2 is 2.29 bits per heavy atom. The average Bonchev–Trinajstić information content (AvgIpc) is 3.22. The first-order chi connectivity index (χ1) is 10.2. The van der Waals surface area contributed by atoms with Gasteiger partial charge in [-0.15, -0.1) is 11.3 Å². The van der Waals surface area contributed by atoms with Crippen molar-refractivity contribution >= 4 is 16.5 Å². The van der Waals surface area contributed by atoms with Crippen molar-refractivity contribution in [2.75, 3.05) is 24.6 Å². The summed E-state index contributed by atoms with van der Waals surface area (Å²) in [4.78, 5) is 8.82. The van der Waals surface area contributed by atoms with Crippen LogP contribution in [0.4, 0.5) is 5.13 Å². The number of aromatic nitrogens is 1. The molecule has 4 nitrogen and oxygen atoms in total. The van der Waals surface area contributed by atoms with Gasteiger partial charge < -0.3 is 15.0 Å². The predicted octanol–water partition coefficient (Wildman–Crippen LogP) is 3.13. The van der Waals surface area contributed by atoms with Gasteiger partial charge in [0.2, 0.25) is 0 Å². The molecule has 1 N–H and O–H groups in total. The SMILES string of the molecule is CCC(C)c1nc(N2CCOC(C)C2)sc1CNC1CC1. The minimum absolute atomic E-state index is 0.308. The Kier molecular flexibility index (Phi) is 4.82. The van der Waals surface area contributed by atoms with E-state index < -0.39 is 0 Å². The second-order valence-corrected chi connectivity index (χ2v) is 7.46. The number of anilines is 1. The van der Waals surface area contributed by atoms with Crippen LogP contribution in [0.3, 0.4) is 0 Å². The van der Waals surface area contributed by atoms with E-state index in [0.29, 0.717) is 12.0 Å². The van der Waals surface area contributed by atoms with Crippen LogP contribution in [-0.2, 0) is 11.3 Å². The van der Waals surface area contributed by atoms with Gasteiger partial charge in [-0.1, -0.05) is 13.8 Å². The third kappa shape index (κ3) is 3.76. The maximum absolute atomic E-state index is 5.65. The lowest BCUT2D eigenvalue weighted by Gasteiger charge is -2.30. The van der Waals surface area contributed by atoms with E-state index in [-0.39, 0.29) is 0 Å². The standard InChI is InChI=1S/C16H27N3OS/c1-4-11(2)15-14(9-17-13-5-6-13)21-16(18-15)19-7-8-20-12(3)10-19/h11-13,17H,4-10H2,1-3H3.